The molecule has 1 unspecified atom stereocenters. The molecule has 0 fully saturated rings. The van der Waals surface area contributed by atoms with Gasteiger partial charge < -0.3 is 9.84 Å². The van der Waals surface area contributed by atoms with E-state index in [0.29, 0.717) is 17.5 Å². The summed E-state index contributed by atoms with van der Waals surface area (Å²) in [5, 5.41) is 10.4. The van der Waals surface area contributed by atoms with Gasteiger partial charge in [0.1, 0.15) is 5.82 Å². The van der Waals surface area contributed by atoms with Crippen molar-refractivity contribution in [3.63, 3.8) is 0 Å². The Morgan fingerprint density at radius 2 is 2.00 bits per heavy atom. The molecule has 1 N–H and O–H groups in total. The van der Waals surface area contributed by atoms with Crippen LogP contribution < -0.4 is 0 Å². The van der Waals surface area contributed by atoms with Gasteiger partial charge in [0.2, 0.25) is 0 Å². The SMILES string of the molecule is COCc1ccccc1C(O)Cc1ccc(F)c(Br)c1. The Kier molecular flexibility index (Phi) is 5.29. The van der Waals surface area contributed by atoms with Crippen molar-refractivity contribution in [1.29, 1.82) is 0 Å². The number of hydrogen-bond donors (Lipinski definition) is 1. The lowest BCUT2D eigenvalue weighted by Crippen LogP contribution is -2.06. The highest BCUT2D eigenvalue weighted by atomic mass is 79.9. The summed E-state index contributed by atoms with van der Waals surface area (Å²) >= 11 is 3.15. The molecule has 0 aromatic heterocycles. The van der Waals surface area contributed by atoms with E-state index in [1.807, 2.05) is 24.3 Å². The summed E-state index contributed by atoms with van der Waals surface area (Å²) in [6.07, 6.45) is -0.210. The molecule has 0 saturated heterocycles. The van der Waals surface area contributed by atoms with Gasteiger partial charge in [-0.1, -0.05) is 30.3 Å². The maximum atomic E-state index is 13.2. The number of benzene rings is 2. The molecule has 0 aliphatic heterocycles. The third-order valence-electron chi connectivity index (χ3n) is 3.13. The van der Waals surface area contributed by atoms with E-state index in [-0.39, 0.29) is 5.82 Å². The van der Waals surface area contributed by atoms with Gasteiger partial charge in [-0.05, 0) is 44.8 Å². The van der Waals surface area contributed by atoms with E-state index < -0.39 is 6.10 Å². The Bertz CT molecular complexity index is 586. The fourth-order valence-electron chi connectivity index (χ4n) is 2.15. The molecule has 0 amide bonds. The minimum absolute atomic E-state index is 0.303. The van der Waals surface area contributed by atoms with Gasteiger partial charge in [-0.3, -0.25) is 0 Å². The van der Waals surface area contributed by atoms with Crippen LogP contribution in [0.2, 0.25) is 0 Å². The van der Waals surface area contributed by atoms with E-state index in [1.54, 1.807) is 19.2 Å². The molecule has 0 saturated carbocycles. The van der Waals surface area contributed by atoms with Crippen LogP contribution in [0.1, 0.15) is 22.8 Å². The number of halogens is 2. The normalized spacial score (nSPS) is 12.4. The van der Waals surface area contributed by atoms with Gasteiger partial charge >= 0.3 is 0 Å². The molecule has 0 bridgehead atoms. The highest BCUT2D eigenvalue weighted by molar-refractivity contribution is 9.10. The van der Waals surface area contributed by atoms with Crippen molar-refractivity contribution in [2.24, 2.45) is 0 Å². The first-order valence-electron chi connectivity index (χ1n) is 6.30. The smallest absolute Gasteiger partial charge is 0.137 e. The standard InChI is InChI=1S/C16H16BrFO2/c1-20-10-12-4-2-3-5-13(12)16(19)9-11-6-7-15(18)14(17)8-11/h2-8,16,19H,9-10H2,1H3. The predicted octanol–water partition coefficient (Wildman–Crippen LogP) is 4.01. The Balaban J connectivity index is 2.19. The molecule has 4 heteroatoms. The molecular weight excluding hydrogens is 323 g/mol. The van der Waals surface area contributed by atoms with Crippen molar-refractivity contribution in [2.75, 3.05) is 7.11 Å². The lowest BCUT2D eigenvalue weighted by molar-refractivity contribution is 0.161. The van der Waals surface area contributed by atoms with Crippen LogP contribution in [0.5, 0.6) is 0 Å². The van der Waals surface area contributed by atoms with Crippen molar-refractivity contribution >= 4 is 15.9 Å². The molecule has 106 valence electrons. The third kappa shape index (κ3) is 3.66. The van der Waals surface area contributed by atoms with Gasteiger partial charge in [0.15, 0.2) is 0 Å². The van der Waals surface area contributed by atoms with E-state index in [9.17, 15) is 9.50 Å². The number of rotatable bonds is 5. The third-order valence-corrected chi connectivity index (χ3v) is 3.73. The summed E-state index contributed by atoms with van der Waals surface area (Å²) < 4.78 is 18.7. The van der Waals surface area contributed by atoms with Crippen LogP contribution >= 0.6 is 15.9 Å². The predicted molar refractivity (Wildman–Crippen MR) is 79.9 cm³/mol. The van der Waals surface area contributed by atoms with Crippen molar-refractivity contribution < 1.29 is 14.2 Å². The molecule has 0 radical (unpaired) electrons. The van der Waals surface area contributed by atoms with Crippen LogP contribution in [0.4, 0.5) is 4.39 Å². The molecule has 0 aliphatic carbocycles. The van der Waals surface area contributed by atoms with Crippen LogP contribution in [0.15, 0.2) is 46.9 Å². The first kappa shape index (κ1) is 15.2. The average Bonchev–Trinajstić information content (AvgIpc) is 2.44. The Hall–Kier alpha value is -1.23. The first-order chi connectivity index (χ1) is 9.61. The average molecular weight is 339 g/mol. The molecule has 0 heterocycles. The van der Waals surface area contributed by atoms with Crippen LogP contribution in [0.25, 0.3) is 0 Å². The second-order valence-electron chi connectivity index (χ2n) is 4.60. The van der Waals surface area contributed by atoms with Crippen molar-refractivity contribution in [1.82, 2.24) is 0 Å². The Labute approximate surface area is 126 Å². The van der Waals surface area contributed by atoms with E-state index >= 15 is 0 Å². The molecule has 2 aromatic carbocycles. The number of ether oxygens (including phenoxy) is 1. The zero-order valence-corrected chi connectivity index (χ0v) is 12.7. The molecule has 0 spiro atoms. The van der Waals surface area contributed by atoms with E-state index in [0.717, 1.165) is 16.7 Å². The van der Waals surface area contributed by atoms with E-state index in [4.69, 9.17) is 4.74 Å². The van der Waals surface area contributed by atoms with Gasteiger partial charge in [-0.2, -0.15) is 0 Å². The second-order valence-corrected chi connectivity index (χ2v) is 5.45. The van der Waals surface area contributed by atoms with Crippen LogP contribution in [-0.4, -0.2) is 12.2 Å². The van der Waals surface area contributed by atoms with Crippen molar-refractivity contribution in [3.8, 4) is 0 Å². The lowest BCUT2D eigenvalue weighted by atomic mass is 9.97. The molecule has 20 heavy (non-hydrogen) atoms. The summed E-state index contributed by atoms with van der Waals surface area (Å²) in [4.78, 5) is 0. The fourth-order valence-corrected chi connectivity index (χ4v) is 2.57. The molecular formula is C16H16BrFO2. The molecule has 0 aliphatic rings. The molecule has 1 atom stereocenters. The summed E-state index contributed by atoms with van der Waals surface area (Å²) in [5.74, 6) is -0.303. The zero-order chi connectivity index (χ0) is 14.5. The van der Waals surface area contributed by atoms with Gasteiger partial charge in [0, 0.05) is 13.5 Å². The van der Waals surface area contributed by atoms with Gasteiger partial charge in [0.25, 0.3) is 0 Å². The highest BCUT2D eigenvalue weighted by Crippen LogP contribution is 2.25. The summed E-state index contributed by atoms with van der Waals surface area (Å²) in [7, 11) is 1.63. The monoisotopic (exact) mass is 338 g/mol. The van der Waals surface area contributed by atoms with Crippen LogP contribution in [-0.2, 0) is 17.8 Å². The summed E-state index contributed by atoms with van der Waals surface area (Å²) in [6.45, 7) is 0.459. The van der Waals surface area contributed by atoms with Crippen LogP contribution in [0.3, 0.4) is 0 Å². The van der Waals surface area contributed by atoms with E-state index in [2.05, 4.69) is 15.9 Å². The molecule has 2 rings (SSSR count). The second kappa shape index (κ2) is 6.97. The fraction of sp³-hybridized carbons (Fsp3) is 0.250. The molecule has 2 aromatic rings. The van der Waals surface area contributed by atoms with Gasteiger partial charge in [-0.25, -0.2) is 4.39 Å². The maximum absolute atomic E-state index is 13.2. The van der Waals surface area contributed by atoms with Gasteiger partial charge in [-0.15, -0.1) is 0 Å². The summed E-state index contributed by atoms with van der Waals surface area (Å²) in [5.41, 5.74) is 2.68. The van der Waals surface area contributed by atoms with Crippen molar-refractivity contribution in [2.45, 2.75) is 19.1 Å². The minimum Gasteiger partial charge on any atom is -0.388 e. The maximum Gasteiger partial charge on any atom is 0.137 e. The first-order valence-corrected chi connectivity index (χ1v) is 7.10. The highest BCUT2D eigenvalue weighted by Gasteiger charge is 2.13. The van der Waals surface area contributed by atoms with Crippen LogP contribution in [0, 0.1) is 5.82 Å². The molecule has 2 nitrogen and oxygen atoms in total. The Morgan fingerprint density at radius 1 is 1.25 bits per heavy atom. The number of methoxy groups -OCH3 is 1. The van der Waals surface area contributed by atoms with Gasteiger partial charge in [0.05, 0.1) is 17.2 Å². The quantitative estimate of drug-likeness (QED) is 0.892. The zero-order valence-electron chi connectivity index (χ0n) is 11.1. The Morgan fingerprint density at radius 3 is 2.70 bits per heavy atom. The number of aliphatic hydroxyl groups excluding tert-OH is 1. The van der Waals surface area contributed by atoms with E-state index in [1.165, 1.54) is 6.07 Å². The summed E-state index contributed by atoms with van der Waals surface area (Å²) in [6, 6.07) is 12.4. The largest absolute Gasteiger partial charge is 0.388 e. The lowest BCUT2D eigenvalue weighted by Gasteiger charge is -2.15. The number of hydrogen-bond acceptors (Lipinski definition) is 2. The minimum atomic E-state index is -0.640. The number of aliphatic hydroxyl groups is 1. The van der Waals surface area contributed by atoms with Crippen molar-refractivity contribution in [3.05, 3.63) is 69.4 Å². The topological polar surface area (TPSA) is 29.5 Å².